The van der Waals surface area contributed by atoms with E-state index in [-0.39, 0.29) is 0 Å². The number of rotatable bonds is 3. The van der Waals surface area contributed by atoms with Crippen LogP contribution in [-0.2, 0) is 0 Å². The summed E-state index contributed by atoms with van der Waals surface area (Å²) in [6.07, 6.45) is 6.84. The summed E-state index contributed by atoms with van der Waals surface area (Å²) in [6.45, 7) is 6.43. The van der Waals surface area contributed by atoms with Crippen molar-refractivity contribution in [3.8, 4) is 0 Å². The van der Waals surface area contributed by atoms with E-state index in [1.54, 1.807) is 12.8 Å². The third-order valence-electron chi connectivity index (χ3n) is 4.96. The van der Waals surface area contributed by atoms with Gasteiger partial charge in [-0.15, -0.1) is 0 Å². The number of hydrogen-bond donors (Lipinski definition) is 0. The molecule has 0 N–H and O–H groups in total. The van der Waals surface area contributed by atoms with Crippen LogP contribution in [0.1, 0.15) is 26.2 Å². The summed E-state index contributed by atoms with van der Waals surface area (Å²) >= 11 is -1.71. The molecule has 5 atom stereocenters. The van der Waals surface area contributed by atoms with Crippen LogP contribution in [0.2, 0.25) is 18.8 Å². The monoisotopic (exact) mass is 314 g/mol. The predicted molar refractivity (Wildman–Crippen MR) is 70.8 cm³/mol. The predicted octanol–water partition coefficient (Wildman–Crippen LogP) is 4.56. The van der Waals surface area contributed by atoms with Gasteiger partial charge < -0.3 is 0 Å². The molecule has 0 nitrogen and oxygen atoms in total. The summed E-state index contributed by atoms with van der Waals surface area (Å²) < 4.78 is 1.14. The van der Waals surface area contributed by atoms with Gasteiger partial charge in [-0.05, 0) is 0 Å². The molecule has 2 fully saturated rings. The maximum absolute atomic E-state index is 4.03. The van der Waals surface area contributed by atoms with Crippen molar-refractivity contribution >= 4 is 18.4 Å². The van der Waals surface area contributed by atoms with E-state index in [0.717, 1.165) is 27.6 Å². The van der Waals surface area contributed by atoms with Crippen LogP contribution in [0, 0.1) is 23.7 Å². The van der Waals surface area contributed by atoms with Gasteiger partial charge in [0.2, 0.25) is 0 Å². The molecule has 0 aromatic rings. The minimum atomic E-state index is -1.71. The van der Waals surface area contributed by atoms with Crippen molar-refractivity contribution in [3.05, 3.63) is 12.7 Å². The fourth-order valence-electron chi connectivity index (χ4n) is 4.53. The number of fused-ring (bicyclic) bond motifs is 2. The van der Waals surface area contributed by atoms with Crippen LogP contribution in [0.3, 0.4) is 0 Å². The standard InChI is InChI=1S/C11H17.3CH3.Sn/c1-3-8(2)11-7-9-4-5-10(11)6-9;;;;/h3,7-11H,1,4-6H2,2H3;3*1H3;/t8?,9-,10+,11-;;;;/m1..../s1. The first-order chi connectivity index (χ1) is 6.95. The second-order valence-corrected chi connectivity index (χ2v) is 22.3. The zero-order valence-corrected chi connectivity index (χ0v) is 13.6. The molecule has 2 saturated carbocycles. The molecule has 0 radical (unpaired) electrons. The Hall–Kier alpha value is 0.539. The molecule has 2 aliphatic rings. The van der Waals surface area contributed by atoms with Gasteiger partial charge >= 0.3 is 99.6 Å². The van der Waals surface area contributed by atoms with Crippen molar-refractivity contribution in [2.24, 2.45) is 23.7 Å². The topological polar surface area (TPSA) is 0 Å². The van der Waals surface area contributed by atoms with Crippen molar-refractivity contribution in [1.82, 2.24) is 0 Å². The van der Waals surface area contributed by atoms with Gasteiger partial charge in [-0.3, -0.25) is 0 Å². The van der Waals surface area contributed by atoms with Crippen molar-refractivity contribution in [1.29, 1.82) is 0 Å². The molecular weight excluding hydrogens is 287 g/mol. The molecule has 0 spiro atoms. The molecule has 1 unspecified atom stereocenters. The van der Waals surface area contributed by atoms with E-state index < -0.39 is 18.4 Å². The molecule has 0 saturated heterocycles. The molecule has 0 amide bonds. The van der Waals surface area contributed by atoms with Gasteiger partial charge in [0.15, 0.2) is 0 Å². The third kappa shape index (κ3) is 2.03. The summed E-state index contributed by atoms with van der Waals surface area (Å²) in [7, 11) is 0. The Balaban J connectivity index is 2.23. The Kier molecular flexibility index (Phi) is 3.27. The van der Waals surface area contributed by atoms with E-state index in [0.29, 0.717) is 0 Å². The van der Waals surface area contributed by atoms with Gasteiger partial charge in [-0.1, -0.05) is 0 Å². The first-order valence-corrected chi connectivity index (χ1v) is 16.8. The summed E-state index contributed by atoms with van der Waals surface area (Å²) in [4.78, 5) is 7.93. The van der Waals surface area contributed by atoms with E-state index in [4.69, 9.17) is 0 Å². The second-order valence-electron chi connectivity index (χ2n) is 6.90. The molecule has 2 rings (SSSR count). The molecule has 2 aliphatic carbocycles. The molecule has 0 heterocycles. The van der Waals surface area contributed by atoms with Crippen LogP contribution in [-0.4, -0.2) is 18.4 Å². The van der Waals surface area contributed by atoms with Gasteiger partial charge in [0.05, 0.1) is 0 Å². The van der Waals surface area contributed by atoms with E-state index >= 15 is 0 Å². The van der Waals surface area contributed by atoms with Crippen LogP contribution in [0.25, 0.3) is 0 Å². The van der Waals surface area contributed by atoms with Crippen LogP contribution in [0.15, 0.2) is 12.7 Å². The van der Waals surface area contributed by atoms with Gasteiger partial charge in [0.1, 0.15) is 0 Å². The first-order valence-electron chi connectivity index (χ1n) is 6.57. The van der Waals surface area contributed by atoms with E-state index in [1.807, 2.05) is 0 Å². The zero-order valence-electron chi connectivity index (χ0n) is 10.8. The maximum atomic E-state index is 4.03. The molecule has 1 heteroatoms. The zero-order chi connectivity index (χ0) is 11.2. The van der Waals surface area contributed by atoms with Crippen molar-refractivity contribution < 1.29 is 0 Å². The Morgan fingerprint density at radius 2 is 1.80 bits per heavy atom. The molecule has 0 aliphatic heterocycles. The van der Waals surface area contributed by atoms with Crippen molar-refractivity contribution in [3.63, 3.8) is 0 Å². The molecule has 86 valence electrons. The fourth-order valence-corrected chi connectivity index (χ4v) is 14.4. The first kappa shape index (κ1) is 12.0. The van der Waals surface area contributed by atoms with Gasteiger partial charge in [0.25, 0.3) is 0 Å². The van der Waals surface area contributed by atoms with Gasteiger partial charge in [-0.25, -0.2) is 0 Å². The van der Waals surface area contributed by atoms with Gasteiger partial charge in [0, 0.05) is 0 Å². The normalized spacial score (nSPS) is 41.9. The molecular formula is C14H26Sn. The average molecular weight is 313 g/mol. The number of allylic oxidation sites excluding steroid dienone is 1. The summed E-state index contributed by atoms with van der Waals surface area (Å²) in [5, 5.41) is 0. The quantitative estimate of drug-likeness (QED) is 0.529. The van der Waals surface area contributed by atoms with Crippen molar-refractivity contribution in [2.45, 2.75) is 44.9 Å². The van der Waals surface area contributed by atoms with E-state index in [1.165, 1.54) is 6.42 Å². The molecule has 0 aromatic carbocycles. The number of hydrogen-bond acceptors (Lipinski definition) is 0. The Morgan fingerprint density at radius 3 is 2.33 bits per heavy atom. The summed E-state index contributed by atoms with van der Waals surface area (Å²) in [6, 6.07) is 0. The van der Waals surface area contributed by atoms with Crippen molar-refractivity contribution in [2.75, 3.05) is 0 Å². The summed E-state index contributed by atoms with van der Waals surface area (Å²) in [5.41, 5.74) is 0. The Labute approximate surface area is 99.4 Å². The minimum absolute atomic E-state index is 0.765. The second kappa shape index (κ2) is 4.09. The SMILES string of the molecule is C=CC(C)[C@@H]1[C@H]2CC[C@H](C2)[C@@H]1[Sn]([CH3])([CH3])[CH3]. The van der Waals surface area contributed by atoms with Crippen LogP contribution >= 0.6 is 0 Å². The molecule has 0 aromatic heterocycles. The Bertz CT molecular complexity index is 251. The Morgan fingerprint density at radius 1 is 1.20 bits per heavy atom. The van der Waals surface area contributed by atoms with Crippen LogP contribution in [0.5, 0.6) is 0 Å². The fraction of sp³-hybridized carbons (Fsp3) is 0.857. The third-order valence-corrected chi connectivity index (χ3v) is 13.1. The van der Waals surface area contributed by atoms with E-state index in [2.05, 4.69) is 34.4 Å². The van der Waals surface area contributed by atoms with Crippen LogP contribution < -0.4 is 0 Å². The van der Waals surface area contributed by atoms with Crippen LogP contribution in [0.4, 0.5) is 0 Å². The molecule has 15 heavy (non-hydrogen) atoms. The summed E-state index contributed by atoms with van der Waals surface area (Å²) in [5.74, 6) is 3.94. The molecule has 2 bridgehead atoms. The average Bonchev–Trinajstić information content (AvgIpc) is 2.73. The van der Waals surface area contributed by atoms with Gasteiger partial charge in [-0.2, -0.15) is 0 Å². The van der Waals surface area contributed by atoms with E-state index in [9.17, 15) is 0 Å².